The van der Waals surface area contributed by atoms with Crippen LogP contribution in [0.4, 0.5) is 0 Å². The van der Waals surface area contributed by atoms with E-state index < -0.39 is 24.8 Å². The van der Waals surface area contributed by atoms with Crippen molar-refractivity contribution in [3.8, 4) is 0 Å². The lowest BCUT2D eigenvalue weighted by atomic mass is 10.00. The average molecular weight is 378 g/mol. The van der Waals surface area contributed by atoms with Crippen molar-refractivity contribution in [2.45, 2.75) is 19.4 Å². The van der Waals surface area contributed by atoms with Crippen molar-refractivity contribution in [1.29, 1.82) is 0 Å². The summed E-state index contributed by atoms with van der Waals surface area (Å²) in [5.74, 6) is -1.28. The predicted molar refractivity (Wildman–Crippen MR) is 98.0 cm³/mol. The molecule has 0 heterocycles. The molecule has 2 aromatic rings. The van der Waals surface area contributed by atoms with Gasteiger partial charge in [-0.3, -0.25) is 14.4 Å². The zero-order chi connectivity index (χ0) is 18.2. The van der Waals surface area contributed by atoms with Crippen LogP contribution in [0.1, 0.15) is 28.4 Å². The molecule has 0 saturated carbocycles. The largest absolute Gasteiger partial charge is 0.428 e. The van der Waals surface area contributed by atoms with Crippen molar-refractivity contribution in [1.82, 2.24) is 0 Å². The fourth-order valence-corrected chi connectivity index (χ4v) is 2.16. The quantitative estimate of drug-likeness (QED) is 0.451. The molecular formula is C19H20ClNO5. The summed E-state index contributed by atoms with van der Waals surface area (Å²) in [6.07, 6.45) is 0.249. The third-order valence-corrected chi connectivity index (χ3v) is 3.47. The molecule has 138 valence electrons. The standard InChI is InChI=1S/C19H19NO5.ClH/c1-13(21)24-12-25-19(23)17(20)11-14-7-9-16(10-8-14)18(22)15-5-3-2-4-6-15;/h2-10,17H,11-12,20H2,1H3;1H/t17-;/m0./s1. The van der Waals surface area contributed by atoms with Crippen molar-refractivity contribution in [2.24, 2.45) is 5.73 Å². The molecule has 0 spiro atoms. The van der Waals surface area contributed by atoms with E-state index in [9.17, 15) is 14.4 Å². The van der Waals surface area contributed by atoms with Crippen molar-refractivity contribution in [3.05, 3.63) is 71.3 Å². The van der Waals surface area contributed by atoms with E-state index in [0.29, 0.717) is 11.1 Å². The average Bonchev–Trinajstić information content (AvgIpc) is 2.62. The van der Waals surface area contributed by atoms with Gasteiger partial charge in [0.25, 0.3) is 0 Å². The van der Waals surface area contributed by atoms with Crippen LogP contribution in [-0.4, -0.2) is 30.6 Å². The molecule has 0 saturated heterocycles. The van der Waals surface area contributed by atoms with Gasteiger partial charge in [0.1, 0.15) is 6.04 Å². The van der Waals surface area contributed by atoms with E-state index in [4.69, 9.17) is 10.5 Å². The molecule has 0 aromatic heterocycles. The first kappa shape index (κ1) is 21.3. The minimum atomic E-state index is -0.883. The SMILES string of the molecule is CC(=O)OCOC(=O)[C@@H](N)Cc1ccc(C(=O)c2ccccc2)cc1.Cl. The fourth-order valence-electron chi connectivity index (χ4n) is 2.16. The highest BCUT2D eigenvalue weighted by Gasteiger charge is 2.16. The van der Waals surface area contributed by atoms with Gasteiger partial charge in [0.2, 0.25) is 6.79 Å². The summed E-state index contributed by atoms with van der Waals surface area (Å²) in [4.78, 5) is 34.6. The smallest absolute Gasteiger partial charge is 0.326 e. The van der Waals surface area contributed by atoms with Crippen LogP contribution in [0.3, 0.4) is 0 Å². The third kappa shape index (κ3) is 6.31. The summed E-state index contributed by atoms with van der Waals surface area (Å²) in [5.41, 5.74) is 7.73. The lowest BCUT2D eigenvalue weighted by molar-refractivity contribution is -0.166. The highest BCUT2D eigenvalue weighted by Crippen LogP contribution is 2.12. The van der Waals surface area contributed by atoms with Crippen molar-refractivity contribution in [3.63, 3.8) is 0 Å². The molecule has 2 aromatic carbocycles. The number of rotatable bonds is 7. The maximum atomic E-state index is 12.3. The summed E-state index contributed by atoms with van der Waals surface area (Å²) >= 11 is 0. The summed E-state index contributed by atoms with van der Waals surface area (Å²) in [7, 11) is 0. The van der Waals surface area contributed by atoms with Crippen LogP contribution in [0.25, 0.3) is 0 Å². The Morgan fingerprint density at radius 1 is 0.923 bits per heavy atom. The van der Waals surface area contributed by atoms with Gasteiger partial charge in [0, 0.05) is 18.1 Å². The van der Waals surface area contributed by atoms with E-state index in [1.807, 2.05) is 18.2 Å². The Hall–Kier alpha value is -2.70. The Morgan fingerprint density at radius 3 is 2.08 bits per heavy atom. The summed E-state index contributed by atoms with van der Waals surface area (Å²) in [6, 6.07) is 15.0. The van der Waals surface area contributed by atoms with E-state index >= 15 is 0 Å². The summed E-state index contributed by atoms with van der Waals surface area (Å²) in [6.45, 7) is 0.762. The van der Waals surface area contributed by atoms with E-state index in [-0.39, 0.29) is 24.6 Å². The number of hydrogen-bond donors (Lipinski definition) is 1. The van der Waals surface area contributed by atoms with Gasteiger partial charge in [-0.25, -0.2) is 0 Å². The number of carbonyl (C=O) groups is 3. The molecule has 0 aliphatic rings. The van der Waals surface area contributed by atoms with Gasteiger partial charge in [0.15, 0.2) is 5.78 Å². The highest BCUT2D eigenvalue weighted by molar-refractivity contribution is 6.08. The first-order valence-corrected chi connectivity index (χ1v) is 7.71. The lowest BCUT2D eigenvalue weighted by Crippen LogP contribution is -2.35. The molecule has 0 fully saturated rings. The van der Waals surface area contributed by atoms with E-state index in [1.54, 1.807) is 36.4 Å². The van der Waals surface area contributed by atoms with Gasteiger partial charge < -0.3 is 15.2 Å². The molecule has 0 aliphatic heterocycles. The van der Waals surface area contributed by atoms with Crippen molar-refractivity contribution >= 4 is 30.1 Å². The zero-order valence-electron chi connectivity index (χ0n) is 14.2. The minimum absolute atomic E-state index is 0. The van der Waals surface area contributed by atoms with Gasteiger partial charge in [-0.2, -0.15) is 0 Å². The van der Waals surface area contributed by atoms with Crippen LogP contribution in [0.15, 0.2) is 54.6 Å². The molecular weight excluding hydrogens is 358 g/mol. The van der Waals surface area contributed by atoms with Crippen LogP contribution in [-0.2, 0) is 25.5 Å². The second-order valence-corrected chi connectivity index (χ2v) is 5.42. The van der Waals surface area contributed by atoms with Gasteiger partial charge >= 0.3 is 11.9 Å². The molecule has 0 unspecified atom stereocenters. The molecule has 2 N–H and O–H groups in total. The predicted octanol–water partition coefficient (Wildman–Crippen LogP) is 2.27. The zero-order valence-corrected chi connectivity index (χ0v) is 15.0. The number of hydrogen-bond acceptors (Lipinski definition) is 6. The van der Waals surface area contributed by atoms with Crippen molar-refractivity contribution in [2.75, 3.05) is 6.79 Å². The monoisotopic (exact) mass is 377 g/mol. The van der Waals surface area contributed by atoms with Crippen LogP contribution >= 0.6 is 12.4 Å². The normalized spacial score (nSPS) is 11.0. The molecule has 6 nitrogen and oxygen atoms in total. The lowest BCUT2D eigenvalue weighted by Gasteiger charge is -2.11. The van der Waals surface area contributed by atoms with Gasteiger partial charge in [0.05, 0.1) is 0 Å². The number of esters is 2. The van der Waals surface area contributed by atoms with Gasteiger partial charge in [-0.05, 0) is 12.0 Å². The van der Waals surface area contributed by atoms with Crippen LogP contribution < -0.4 is 5.73 Å². The molecule has 7 heteroatoms. The van der Waals surface area contributed by atoms with E-state index in [0.717, 1.165) is 5.56 Å². The first-order valence-electron chi connectivity index (χ1n) is 7.71. The van der Waals surface area contributed by atoms with Gasteiger partial charge in [-0.15, -0.1) is 12.4 Å². The second kappa shape index (κ2) is 10.3. The molecule has 1 atom stereocenters. The second-order valence-electron chi connectivity index (χ2n) is 5.42. The molecule has 0 radical (unpaired) electrons. The van der Waals surface area contributed by atoms with E-state index in [2.05, 4.69) is 4.74 Å². The Balaban J connectivity index is 0.00000338. The topological polar surface area (TPSA) is 95.7 Å². The van der Waals surface area contributed by atoms with Crippen LogP contribution in [0.2, 0.25) is 0 Å². The van der Waals surface area contributed by atoms with E-state index in [1.165, 1.54) is 6.92 Å². The van der Waals surface area contributed by atoms with Crippen molar-refractivity contribution < 1.29 is 23.9 Å². The Morgan fingerprint density at radius 2 is 1.50 bits per heavy atom. The highest BCUT2D eigenvalue weighted by atomic mass is 35.5. The number of ketones is 1. The minimum Gasteiger partial charge on any atom is -0.428 e. The number of ether oxygens (including phenoxy) is 2. The molecule has 26 heavy (non-hydrogen) atoms. The molecule has 0 aliphatic carbocycles. The Labute approximate surface area is 157 Å². The summed E-state index contributed by atoms with van der Waals surface area (Å²) in [5, 5.41) is 0. The maximum absolute atomic E-state index is 12.3. The molecule has 0 amide bonds. The number of nitrogens with two attached hydrogens (primary N) is 1. The fraction of sp³-hybridized carbons (Fsp3) is 0.211. The number of halogens is 1. The van der Waals surface area contributed by atoms with Crippen LogP contribution in [0.5, 0.6) is 0 Å². The maximum Gasteiger partial charge on any atom is 0.326 e. The number of benzene rings is 2. The Kier molecular flexibility index (Phi) is 8.48. The molecule has 0 bridgehead atoms. The Bertz CT molecular complexity index is 746. The molecule has 2 rings (SSSR count). The number of carbonyl (C=O) groups excluding carboxylic acids is 3. The summed E-state index contributed by atoms with van der Waals surface area (Å²) < 4.78 is 9.27. The van der Waals surface area contributed by atoms with Gasteiger partial charge in [-0.1, -0.05) is 54.6 Å². The first-order chi connectivity index (χ1) is 12.0. The third-order valence-electron chi connectivity index (χ3n) is 3.47. The van der Waals surface area contributed by atoms with Crippen LogP contribution in [0, 0.1) is 0 Å².